The summed E-state index contributed by atoms with van der Waals surface area (Å²) in [6.07, 6.45) is 4.81. The fourth-order valence-electron chi connectivity index (χ4n) is 3.18. The third-order valence-electron chi connectivity index (χ3n) is 4.86. The van der Waals surface area contributed by atoms with E-state index in [4.69, 9.17) is 4.74 Å². The lowest BCUT2D eigenvalue weighted by Crippen LogP contribution is -2.13. The number of hydrogen-bond donors (Lipinski definition) is 2. The van der Waals surface area contributed by atoms with E-state index in [1.807, 2.05) is 6.92 Å². The molecule has 2 N–H and O–H groups in total. The van der Waals surface area contributed by atoms with E-state index in [0.717, 1.165) is 24.0 Å². The molecule has 3 aromatic heterocycles. The number of anilines is 1. The molecule has 0 saturated carbocycles. The molecule has 2 aromatic carbocycles. The first-order valence-corrected chi connectivity index (χ1v) is 11.5. The molecule has 0 fully saturated rings. The second-order valence-electron chi connectivity index (χ2n) is 7.17. The number of aromatic amines is 1. The Morgan fingerprint density at radius 3 is 2.60 bits per heavy atom. The van der Waals surface area contributed by atoms with Crippen molar-refractivity contribution in [3.05, 3.63) is 78.9 Å². The smallest absolute Gasteiger partial charge is 0.261 e. The van der Waals surface area contributed by atoms with E-state index in [0.29, 0.717) is 17.4 Å². The molecular formula is C21H16FN9O3S. The van der Waals surface area contributed by atoms with E-state index in [1.54, 1.807) is 35.2 Å². The van der Waals surface area contributed by atoms with Crippen LogP contribution < -0.4 is 9.46 Å². The van der Waals surface area contributed by atoms with Crippen LogP contribution in [0.2, 0.25) is 0 Å². The largest absolute Gasteiger partial charge is 0.439 e. The van der Waals surface area contributed by atoms with Crippen LogP contribution in [0.1, 0.15) is 5.82 Å². The number of nitrogens with one attached hydrogen (secondary N) is 2. The molecule has 0 radical (unpaired) electrons. The van der Waals surface area contributed by atoms with Crippen molar-refractivity contribution in [1.82, 2.24) is 40.1 Å². The zero-order valence-electron chi connectivity index (χ0n) is 18.0. The van der Waals surface area contributed by atoms with Gasteiger partial charge in [-0.1, -0.05) is 0 Å². The summed E-state index contributed by atoms with van der Waals surface area (Å²) in [7, 11) is -4.02. The third kappa shape index (κ3) is 4.67. The molecule has 0 spiro atoms. The SMILES string of the molecule is Cc1nccn1-c1cc(Oc2ccc(NS(=O)(=O)c3ccc(F)c(-c4nn[nH]n4)c3)cc2)ncn1. The summed E-state index contributed by atoms with van der Waals surface area (Å²) in [6, 6.07) is 11.2. The zero-order chi connectivity index (χ0) is 24.4. The van der Waals surface area contributed by atoms with Crippen molar-refractivity contribution in [1.29, 1.82) is 0 Å². The van der Waals surface area contributed by atoms with E-state index >= 15 is 0 Å². The van der Waals surface area contributed by atoms with Crippen LogP contribution in [0.25, 0.3) is 17.2 Å². The van der Waals surface area contributed by atoms with Gasteiger partial charge < -0.3 is 4.74 Å². The summed E-state index contributed by atoms with van der Waals surface area (Å²) in [6.45, 7) is 1.85. The highest BCUT2D eigenvalue weighted by molar-refractivity contribution is 7.92. The molecule has 0 atom stereocenters. The van der Waals surface area contributed by atoms with Gasteiger partial charge in [0, 0.05) is 24.1 Å². The lowest BCUT2D eigenvalue weighted by atomic mass is 10.2. The molecule has 0 saturated heterocycles. The second kappa shape index (κ2) is 8.90. The van der Waals surface area contributed by atoms with E-state index in [2.05, 4.69) is 40.3 Å². The van der Waals surface area contributed by atoms with Gasteiger partial charge in [-0.15, -0.1) is 10.2 Å². The monoisotopic (exact) mass is 493 g/mol. The van der Waals surface area contributed by atoms with Crippen LogP contribution in [0.15, 0.2) is 72.1 Å². The first-order valence-electron chi connectivity index (χ1n) is 10.1. The second-order valence-corrected chi connectivity index (χ2v) is 8.85. The van der Waals surface area contributed by atoms with Gasteiger partial charge in [0.05, 0.1) is 10.5 Å². The van der Waals surface area contributed by atoms with Crippen LogP contribution in [0.5, 0.6) is 11.6 Å². The Kier molecular flexibility index (Phi) is 5.62. The van der Waals surface area contributed by atoms with Crippen LogP contribution in [-0.4, -0.2) is 48.6 Å². The molecule has 0 bridgehead atoms. The number of imidazole rings is 1. The Bertz CT molecular complexity index is 1590. The Balaban J connectivity index is 1.32. The van der Waals surface area contributed by atoms with Gasteiger partial charge in [-0.3, -0.25) is 9.29 Å². The summed E-state index contributed by atoms with van der Waals surface area (Å²) in [4.78, 5) is 12.3. The summed E-state index contributed by atoms with van der Waals surface area (Å²) >= 11 is 0. The van der Waals surface area contributed by atoms with Gasteiger partial charge in [0.1, 0.15) is 29.5 Å². The zero-order valence-corrected chi connectivity index (χ0v) is 18.8. The average Bonchev–Trinajstić information content (AvgIpc) is 3.53. The molecular weight excluding hydrogens is 477 g/mol. The Labute approximate surface area is 197 Å². The molecule has 35 heavy (non-hydrogen) atoms. The van der Waals surface area contributed by atoms with E-state index < -0.39 is 15.8 Å². The minimum Gasteiger partial charge on any atom is -0.439 e. The molecule has 3 heterocycles. The number of aryl methyl sites for hydroxylation is 1. The topological polar surface area (TPSA) is 153 Å². The van der Waals surface area contributed by atoms with Crippen molar-refractivity contribution in [2.45, 2.75) is 11.8 Å². The van der Waals surface area contributed by atoms with Crippen LogP contribution in [0.3, 0.4) is 0 Å². The maximum absolute atomic E-state index is 14.1. The number of hydrogen-bond acceptors (Lipinski definition) is 9. The van der Waals surface area contributed by atoms with Crippen LogP contribution in [0, 0.1) is 12.7 Å². The minimum atomic E-state index is -4.02. The lowest BCUT2D eigenvalue weighted by Gasteiger charge is -2.11. The fraction of sp³-hybridized carbons (Fsp3) is 0.0476. The Hall–Kier alpha value is -4.72. The predicted molar refractivity (Wildman–Crippen MR) is 121 cm³/mol. The molecule has 176 valence electrons. The highest BCUT2D eigenvalue weighted by atomic mass is 32.2. The maximum Gasteiger partial charge on any atom is 0.261 e. The first kappa shape index (κ1) is 22.1. The minimum absolute atomic E-state index is 0.0582. The van der Waals surface area contributed by atoms with Gasteiger partial charge in [0.2, 0.25) is 11.7 Å². The van der Waals surface area contributed by atoms with Crippen molar-refractivity contribution >= 4 is 15.7 Å². The molecule has 0 aliphatic heterocycles. The number of aromatic nitrogens is 8. The number of sulfonamides is 1. The van der Waals surface area contributed by atoms with E-state index in [-0.39, 0.29) is 22.0 Å². The van der Waals surface area contributed by atoms with Gasteiger partial charge in [-0.25, -0.2) is 27.8 Å². The standard InChI is InChI=1S/C21H16FN9O3S/c1-13-23-8-9-31(13)19-11-20(25-12-24-19)34-15-4-2-14(3-5-15)28-35(32,33)16-6-7-18(22)17(10-16)21-26-29-30-27-21/h2-12,28H,1H3,(H,26,27,29,30). The van der Waals surface area contributed by atoms with Crippen LogP contribution >= 0.6 is 0 Å². The van der Waals surface area contributed by atoms with Crippen molar-refractivity contribution in [3.8, 4) is 28.8 Å². The number of nitrogens with zero attached hydrogens (tertiary/aromatic N) is 7. The Morgan fingerprint density at radius 1 is 1.06 bits per heavy atom. The molecule has 5 rings (SSSR count). The first-order chi connectivity index (χ1) is 16.9. The van der Waals surface area contributed by atoms with Crippen molar-refractivity contribution in [2.24, 2.45) is 0 Å². The Morgan fingerprint density at radius 2 is 1.89 bits per heavy atom. The molecule has 12 nitrogen and oxygen atoms in total. The number of ether oxygens (including phenoxy) is 1. The summed E-state index contributed by atoms with van der Waals surface area (Å²) in [5.74, 6) is 1.35. The summed E-state index contributed by atoms with van der Waals surface area (Å²) in [5.41, 5.74) is 0.181. The lowest BCUT2D eigenvalue weighted by molar-refractivity contribution is 0.461. The fourth-order valence-corrected chi connectivity index (χ4v) is 4.27. The average molecular weight is 493 g/mol. The molecule has 14 heteroatoms. The molecule has 5 aromatic rings. The van der Waals surface area contributed by atoms with Gasteiger partial charge in [-0.2, -0.15) is 5.21 Å². The number of tetrazole rings is 1. The van der Waals surface area contributed by atoms with Gasteiger partial charge in [0.25, 0.3) is 10.0 Å². The van der Waals surface area contributed by atoms with E-state index in [9.17, 15) is 12.8 Å². The molecule has 0 aliphatic rings. The third-order valence-corrected chi connectivity index (χ3v) is 6.24. The number of rotatable bonds is 7. The van der Waals surface area contributed by atoms with Crippen LogP contribution in [-0.2, 0) is 10.0 Å². The molecule has 0 aliphatic carbocycles. The van der Waals surface area contributed by atoms with Gasteiger partial charge in [-0.05, 0) is 54.6 Å². The van der Waals surface area contributed by atoms with Crippen LogP contribution in [0.4, 0.5) is 10.1 Å². The van der Waals surface area contributed by atoms with Crippen molar-refractivity contribution in [3.63, 3.8) is 0 Å². The normalized spacial score (nSPS) is 11.4. The summed E-state index contributed by atoms with van der Waals surface area (Å²) in [5, 5.41) is 13.0. The van der Waals surface area contributed by atoms with Crippen molar-refractivity contribution in [2.75, 3.05) is 4.72 Å². The van der Waals surface area contributed by atoms with Crippen molar-refractivity contribution < 1.29 is 17.5 Å². The molecule has 0 unspecified atom stereocenters. The van der Waals surface area contributed by atoms with Gasteiger partial charge in [0.15, 0.2) is 0 Å². The quantitative estimate of drug-likeness (QED) is 0.348. The highest BCUT2D eigenvalue weighted by Crippen LogP contribution is 2.26. The number of halogens is 1. The number of H-pyrrole nitrogens is 1. The predicted octanol–water partition coefficient (Wildman–Crippen LogP) is 2.88. The van der Waals surface area contributed by atoms with Gasteiger partial charge >= 0.3 is 0 Å². The molecule has 0 amide bonds. The van der Waals surface area contributed by atoms with E-state index in [1.165, 1.54) is 18.5 Å². The number of benzene rings is 2. The maximum atomic E-state index is 14.1. The summed E-state index contributed by atoms with van der Waals surface area (Å²) < 4.78 is 49.8. The highest BCUT2D eigenvalue weighted by Gasteiger charge is 2.19.